The van der Waals surface area contributed by atoms with Crippen molar-refractivity contribution in [2.75, 3.05) is 13.1 Å². The van der Waals surface area contributed by atoms with Crippen LogP contribution in [0.1, 0.15) is 17.4 Å². The molecule has 0 unspecified atom stereocenters. The van der Waals surface area contributed by atoms with E-state index < -0.39 is 28.9 Å². The molecule has 0 aliphatic heterocycles. The Hall–Kier alpha value is -0.710. The Morgan fingerprint density at radius 2 is 2.00 bits per heavy atom. The second-order valence-electron chi connectivity index (χ2n) is 4.34. The van der Waals surface area contributed by atoms with Gasteiger partial charge >= 0.3 is 12.3 Å². The van der Waals surface area contributed by atoms with Gasteiger partial charge in [-0.2, -0.15) is 8.78 Å². The van der Waals surface area contributed by atoms with Crippen LogP contribution < -0.4 is 10.0 Å². The predicted molar refractivity (Wildman–Crippen MR) is 72.6 cm³/mol. The Morgan fingerprint density at radius 1 is 1.38 bits per heavy atom. The first-order valence-electron chi connectivity index (χ1n) is 6.06. The van der Waals surface area contributed by atoms with E-state index in [1.165, 1.54) is 10.8 Å². The third-order valence-electron chi connectivity index (χ3n) is 2.62. The zero-order valence-electron chi connectivity index (χ0n) is 11.4. The molecule has 1 aromatic heterocycles. The molecule has 0 atom stereocenters. The maximum atomic E-state index is 12.8. The van der Waals surface area contributed by atoms with Gasteiger partial charge in [-0.05, 0) is 25.1 Å². The molecule has 2 N–H and O–H groups in total. The topological polar surface area (TPSA) is 58.2 Å². The van der Waals surface area contributed by atoms with Crippen molar-refractivity contribution < 1.29 is 26.0 Å². The SMILES string of the molecule is CCNCc1sc(S(=O)(=O)NCC(F)(F)C(F)F)cc1C. The molecule has 0 aliphatic carbocycles. The first-order valence-corrected chi connectivity index (χ1v) is 8.35. The van der Waals surface area contributed by atoms with Gasteiger partial charge in [0, 0.05) is 11.4 Å². The number of halogens is 4. The molecule has 0 radical (unpaired) electrons. The van der Waals surface area contributed by atoms with Crippen molar-refractivity contribution in [3.05, 3.63) is 16.5 Å². The van der Waals surface area contributed by atoms with Gasteiger partial charge in [-0.3, -0.25) is 0 Å². The molecule has 0 amide bonds. The van der Waals surface area contributed by atoms with Crippen molar-refractivity contribution in [2.24, 2.45) is 0 Å². The number of thiophene rings is 1. The molecule has 0 saturated heterocycles. The third-order valence-corrected chi connectivity index (χ3v) is 5.73. The van der Waals surface area contributed by atoms with Crippen LogP contribution in [-0.2, 0) is 16.6 Å². The molecule has 0 bridgehead atoms. The van der Waals surface area contributed by atoms with Gasteiger partial charge in [0.15, 0.2) is 0 Å². The highest BCUT2D eigenvalue weighted by Gasteiger charge is 2.41. The van der Waals surface area contributed by atoms with Gasteiger partial charge < -0.3 is 5.32 Å². The van der Waals surface area contributed by atoms with E-state index in [4.69, 9.17) is 0 Å². The maximum absolute atomic E-state index is 12.8. The van der Waals surface area contributed by atoms with Crippen molar-refractivity contribution in [1.82, 2.24) is 10.0 Å². The second-order valence-corrected chi connectivity index (χ2v) is 7.47. The fraction of sp³-hybridized carbons (Fsp3) is 0.636. The Labute approximate surface area is 124 Å². The largest absolute Gasteiger partial charge is 0.320 e. The van der Waals surface area contributed by atoms with Gasteiger partial charge in [-0.25, -0.2) is 21.9 Å². The lowest BCUT2D eigenvalue weighted by Gasteiger charge is -2.15. The van der Waals surface area contributed by atoms with E-state index in [9.17, 15) is 26.0 Å². The molecular weight excluding hydrogens is 332 g/mol. The van der Waals surface area contributed by atoms with Crippen molar-refractivity contribution >= 4 is 21.4 Å². The maximum Gasteiger partial charge on any atom is 0.320 e. The van der Waals surface area contributed by atoms with E-state index in [0.29, 0.717) is 18.7 Å². The fourth-order valence-electron chi connectivity index (χ4n) is 1.37. The smallest absolute Gasteiger partial charge is 0.312 e. The summed E-state index contributed by atoms with van der Waals surface area (Å²) in [4.78, 5) is 0.748. The van der Waals surface area contributed by atoms with E-state index >= 15 is 0 Å². The summed E-state index contributed by atoms with van der Waals surface area (Å²) in [7, 11) is -4.23. The summed E-state index contributed by atoms with van der Waals surface area (Å²) in [6.45, 7) is 3.09. The first-order chi connectivity index (χ1) is 9.60. The van der Waals surface area contributed by atoms with Crippen LogP contribution in [-0.4, -0.2) is 33.9 Å². The zero-order valence-corrected chi connectivity index (χ0v) is 13.1. The standard InChI is InChI=1S/C11H16F4N2O2S2/c1-3-16-5-8-7(2)4-9(20-8)21(18,19)17-6-11(14,15)10(12)13/h4,10,16-17H,3,5-6H2,1-2H3. The van der Waals surface area contributed by atoms with Crippen LogP contribution in [0.3, 0.4) is 0 Å². The van der Waals surface area contributed by atoms with Gasteiger partial charge in [0.2, 0.25) is 10.0 Å². The number of nitrogens with one attached hydrogen (secondary N) is 2. The molecule has 10 heteroatoms. The molecule has 21 heavy (non-hydrogen) atoms. The van der Waals surface area contributed by atoms with Gasteiger partial charge in [0.25, 0.3) is 0 Å². The molecule has 1 aromatic rings. The minimum Gasteiger partial charge on any atom is -0.312 e. The van der Waals surface area contributed by atoms with E-state index in [0.717, 1.165) is 16.2 Å². The molecule has 122 valence electrons. The van der Waals surface area contributed by atoms with Crippen LogP contribution in [0.2, 0.25) is 0 Å². The summed E-state index contributed by atoms with van der Waals surface area (Å²) in [6, 6.07) is 1.33. The van der Waals surface area contributed by atoms with Crippen molar-refractivity contribution in [3.63, 3.8) is 0 Å². The van der Waals surface area contributed by atoms with Crippen LogP contribution in [0.15, 0.2) is 10.3 Å². The number of sulfonamides is 1. The van der Waals surface area contributed by atoms with Crippen LogP contribution in [0.4, 0.5) is 17.6 Å². The lowest BCUT2D eigenvalue weighted by Crippen LogP contribution is -2.41. The lowest BCUT2D eigenvalue weighted by molar-refractivity contribution is -0.122. The summed E-state index contributed by atoms with van der Waals surface area (Å²) in [5.74, 6) is -4.40. The average molecular weight is 348 g/mol. The summed E-state index contributed by atoms with van der Waals surface area (Å²) >= 11 is 0.920. The summed E-state index contributed by atoms with van der Waals surface area (Å²) in [6.07, 6.45) is -3.92. The quantitative estimate of drug-likeness (QED) is 0.709. The molecule has 0 fully saturated rings. The second kappa shape index (κ2) is 7.03. The van der Waals surface area contributed by atoms with Gasteiger partial charge in [0.1, 0.15) is 4.21 Å². The van der Waals surface area contributed by atoms with Crippen molar-refractivity contribution in [1.29, 1.82) is 0 Å². The third kappa shape index (κ3) is 4.90. The molecule has 0 spiro atoms. The Bertz CT molecular complexity index is 573. The minimum atomic E-state index is -4.40. The van der Waals surface area contributed by atoms with Gasteiger partial charge in [0.05, 0.1) is 6.54 Å². The molecule has 0 saturated carbocycles. The van der Waals surface area contributed by atoms with Crippen molar-refractivity contribution in [3.8, 4) is 0 Å². The van der Waals surface area contributed by atoms with Crippen LogP contribution in [0.5, 0.6) is 0 Å². The van der Waals surface area contributed by atoms with Crippen LogP contribution in [0.25, 0.3) is 0 Å². The number of aryl methyl sites for hydroxylation is 1. The monoisotopic (exact) mass is 348 g/mol. The van der Waals surface area contributed by atoms with E-state index in [-0.39, 0.29) is 4.21 Å². The summed E-state index contributed by atoms with van der Waals surface area (Å²) < 4.78 is 74.6. The summed E-state index contributed by atoms with van der Waals surface area (Å²) in [5.41, 5.74) is 0.696. The van der Waals surface area contributed by atoms with E-state index in [2.05, 4.69) is 5.32 Å². The highest BCUT2D eigenvalue weighted by atomic mass is 32.2. The number of rotatable bonds is 8. The molecule has 0 aliphatic rings. The normalized spacial score (nSPS) is 13.1. The fourth-order valence-corrected chi connectivity index (χ4v) is 4.02. The first kappa shape index (κ1) is 18.3. The molecule has 1 heterocycles. The summed E-state index contributed by atoms with van der Waals surface area (Å²) in [5, 5.41) is 3.02. The Balaban J connectivity index is 2.84. The molecule has 1 rings (SSSR count). The van der Waals surface area contributed by atoms with Crippen molar-refractivity contribution in [2.45, 2.75) is 36.9 Å². The highest BCUT2D eigenvalue weighted by molar-refractivity contribution is 7.91. The van der Waals surface area contributed by atoms with Crippen LogP contribution in [0, 0.1) is 6.92 Å². The van der Waals surface area contributed by atoms with E-state index in [1.807, 2.05) is 6.92 Å². The lowest BCUT2D eigenvalue weighted by atomic mass is 10.3. The molecular formula is C11H16F4N2O2S2. The van der Waals surface area contributed by atoms with Crippen LogP contribution >= 0.6 is 11.3 Å². The highest BCUT2D eigenvalue weighted by Crippen LogP contribution is 2.27. The Morgan fingerprint density at radius 3 is 2.52 bits per heavy atom. The van der Waals surface area contributed by atoms with Gasteiger partial charge in [-0.1, -0.05) is 6.92 Å². The van der Waals surface area contributed by atoms with Gasteiger partial charge in [-0.15, -0.1) is 11.3 Å². The predicted octanol–water partition coefficient (Wildman–Crippen LogP) is 2.34. The number of alkyl halides is 4. The van der Waals surface area contributed by atoms with E-state index in [1.54, 1.807) is 6.92 Å². The average Bonchev–Trinajstić information content (AvgIpc) is 2.76. The minimum absolute atomic E-state index is 0.169. The Kier molecular flexibility index (Phi) is 6.14. The molecule has 4 nitrogen and oxygen atoms in total. The molecule has 0 aromatic carbocycles. The number of hydrogen-bond donors (Lipinski definition) is 2. The zero-order chi connectivity index (χ0) is 16.3. The number of hydrogen-bond acceptors (Lipinski definition) is 4.